The number of carbonyl (C=O) groups is 1. The molecule has 1 aliphatic carbocycles. The highest BCUT2D eigenvalue weighted by molar-refractivity contribution is 5.76. The zero-order chi connectivity index (χ0) is 22.9. The summed E-state index contributed by atoms with van der Waals surface area (Å²) in [4.78, 5) is 18.5. The number of hydrogen-bond donors (Lipinski definition) is 4. The van der Waals surface area contributed by atoms with Crippen LogP contribution in [0.1, 0.15) is 40.0 Å². The van der Waals surface area contributed by atoms with Crippen LogP contribution in [0.25, 0.3) is 0 Å². The molecule has 0 bridgehead atoms. The number of guanidine groups is 1. The van der Waals surface area contributed by atoms with Gasteiger partial charge < -0.3 is 32.2 Å². The van der Waals surface area contributed by atoms with Crippen molar-refractivity contribution < 1.29 is 9.53 Å². The van der Waals surface area contributed by atoms with Crippen molar-refractivity contribution >= 4 is 17.7 Å². The van der Waals surface area contributed by atoms with Gasteiger partial charge in [-0.1, -0.05) is 6.08 Å². The Bertz CT molecular complexity index is 816. The quantitative estimate of drug-likeness (QED) is 0.250. The van der Waals surface area contributed by atoms with Gasteiger partial charge in [0.25, 0.3) is 0 Å². The molecule has 0 aromatic carbocycles. The third-order valence-electron chi connectivity index (χ3n) is 4.54. The topological polar surface area (TPSA) is 150 Å². The number of ether oxygens (including phenoxy) is 1. The normalized spacial score (nSPS) is 13.8. The largest absolute Gasteiger partial charge is 0.498 e. The van der Waals surface area contributed by atoms with E-state index in [0.717, 1.165) is 25.0 Å². The van der Waals surface area contributed by atoms with Crippen LogP contribution < -0.4 is 22.5 Å². The molecule has 31 heavy (non-hydrogen) atoms. The summed E-state index contributed by atoms with van der Waals surface area (Å²) in [5, 5.41) is 7.20. The molecule has 0 aliphatic heterocycles. The Balaban J connectivity index is 1.82. The zero-order valence-electron chi connectivity index (χ0n) is 18.8. The Morgan fingerprint density at radius 2 is 2.06 bits per heavy atom. The Kier molecular flexibility index (Phi) is 8.77. The maximum absolute atomic E-state index is 12.7. The summed E-state index contributed by atoms with van der Waals surface area (Å²) < 4.78 is 7.63. The smallest absolute Gasteiger partial charge is 0.317 e. The molecule has 10 nitrogen and oxygen atoms in total. The van der Waals surface area contributed by atoms with Crippen LogP contribution in [0.15, 0.2) is 40.9 Å². The number of amides is 2. The molecule has 10 heteroatoms. The lowest BCUT2D eigenvalue weighted by Crippen LogP contribution is -2.49. The number of nitrogens with two attached hydrogens (primary N) is 3. The molecule has 7 N–H and O–H groups in total. The molecule has 1 aromatic heterocycles. The highest BCUT2D eigenvalue weighted by atomic mass is 16.5. The third kappa shape index (κ3) is 9.45. The first-order chi connectivity index (χ1) is 14.6. The number of nitrogen functional groups attached to an aromatic ring is 1. The van der Waals surface area contributed by atoms with E-state index in [1.807, 2.05) is 32.9 Å². The summed E-state index contributed by atoms with van der Waals surface area (Å²) in [7, 11) is 0. The van der Waals surface area contributed by atoms with Crippen molar-refractivity contribution in [1.82, 2.24) is 20.0 Å². The molecule has 0 fully saturated rings. The van der Waals surface area contributed by atoms with Crippen LogP contribution in [-0.2, 0) is 11.3 Å². The molecule has 0 atom stereocenters. The number of nitrogens with one attached hydrogen (secondary N) is 1. The maximum atomic E-state index is 12.7. The van der Waals surface area contributed by atoms with Crippen LogP contribution >= 0.6 is 0 Å². The Morgan fingerprint density at radius 3 is 2.65 bits per heavy atom. The van der Waals surface area contributed by atoms with E-state index in [1.165, 1.54) is 5.57 Å². The van der Waals surface area contributed by atoms with Crippen LogP contribution in [0, 0.1) is 0 Å². The van der Waals surface area contributed by atoms with Crippen LogP contribution in [0.5, 0.6) is 0 Å². The van der Waals surface area contributed by atoms with Gasteiger partial charge in [-0.3, -0.25) is 4.68 Å². The molecule has 2 amide bonds. The second kappa shape index (κ2) is 11.3. The molecular weight excluding hydrogens is 396 g/mol. The predicted octanol–water partition coefficient (Wildman–Crippen LogP) is 1.56. The summed E-state index contributed by atoms with van der Waals surface area (Å²) in [6.45, 7) is 8.63. The SMILES string of the molecule is CC(C)(C)NC(=O)N(CCCOC1=CC=C(CN=C(N)N)CC1)CCn1cc(N)cn1. The molecule has 172 valence electrons. The first-order valence-corrected chi connectivity index (χ1v) is 10.5. The summed E-state index contributed by atoms with van der Waals surface area (Å²) in [6, 6.07) is -0.100. The maximum Gasteiger partial charge on any atom is 0.317 e. The van der Waals surface area contributed by atoms with E-state index < -0.39 is 0 Å². The van der Waals surface area contributed by atoms with Gasteiger partial charge in [-0.15, -0.1) is 0 Å². The van der Waals surface area contributed by atoms with Crippen molar-refractivity contribution in [3.8, 4) is 0 Å². The number of aliphatic imine (C=N–C) groups is 1. The lowest BCUT2D eigenvalue weighted by Gasteiger charge is -2.28. The summed E-state index contributed by atoms with van der Waals surface area (Å²) in [5.41, 5.74) is 17.9. The second-order valence-electron chi connectivity index (χ2n) is 8.60. The molecule has 1 heterocycles. The molecule has 0 radical (unpaired) electrons. The fourth-order valence-corrected chi connectivity index (χ4v) is 3.00. The van der Waals surface area contributed by atoms with Crippen molar-refractivity contribution in [2.24, 2.45) is 16.5 Å². The number of carbonyl (C=O) groups excluding carboxylic acids is 1. The van der Waals surface area contributed by atoms with Crippen LogP contribution in [0.3, 0.4) is 0 Å². The van der Waals surface area contributed by atoms with Gasteiger partial charge in [0.05, 0.1) is 37.3 Å². The lowest BCUT2D eigenvalue weighted by molar-refractivity contribution is 0.163. The molecular formula is C21H36N8O2. The van der Waals surface area contributed by atoms with Crippen molar-refractivity contribution in [1.29, 1.82) is 0 Å². The van der Waals surface area contributed by atoms with Gasteiger partial charge in [-0.2, -0.15) is 5.10 Å². The van der Waals surface area contributed by atoms with E-state index in [9.17, 15) is 4.79 Å². The van der Waals surface area contributed by atoms with Crippen molar-refractivity contribution in [2.75, 3.05) is 32.0 Å². The molecule has 0 saturated carbocycles. The highest BCUT2D eigenvalue weighted by Gasteiger charge is 2.19. The summed E-state index contributed by atoms with van der Waals surface area (Å²) >= 11 is 0. The highest BCUT2D eigenvalue weighted by Crippen LogP contribution is 2.19. The molecule has 0 unspecified atom stereocenters. The number of rotatable bonds is 10. The molecule has 0 spiro atoms. The van der Waals surface area contributed by atoms with E-state index in [1.54, 1.807) is 22.0 Å². The number of hydrogen-bond acceptors (Lipinski definition) is 5. The lowest BCUT2D eigenvalue weighted by atomic mass is 10.0. The number of urea groups is 1. The minimum Gasteiger partial charge on any atom is -0.498 e. The number of anilines is 1. The number of aromatic nitrogens is 2. The van der Waals surface area contributed by atoms with Gasteiger partial charge >= 0.3 is 6.03 Å². The van der Waals surface area contributed by atoms with Crippen LogP contribution in [-0.4, -0.2) is 58.5 Å². The Hall–Kier alpha value is -3.17. The van der Waals surface area contributed by atoms with Crippen molar-refractivity contribution in [3.63, 3.8) is 0 Å². The van der Waals surface area contributed by atoms with Gasteiger partial charge in [0.15, 0.2) is 5.96 Å². The van der Waals surface area contributed by atoms with E-state index >= 15 is 0 Å². The van der Waals surface area contributed by atoms with Gasteiger partial charge in [0.2, 0.25) is 0 Å². The third-order valence-corrected chi connectivity index (χ3v) is 4.54. The van der Waals surface area contributed by atoms with Crippen LogP contribution in [0.2, 0.25) is 0 Å². The standard InChI is InChI=1S/C21H36N8O2/c1-21(2,3)27-20(30)28(10-11-29-15-17(22)14-26-29)9-4-12-31-18-7-5-16(6-8-18)13-25-19(23)24/h5,7,14-15H,4,6,8-13,22H2,1-3H3,(H,27,30)(H4,23,24,25). The fraction of sp³-hybridized carbons (Fsp3) is 0.571. The molecule has 1 aliphatic rings. The number of allylic oxidation sites excluding steroid dienone is 3. The average Bonchev–Trinajstić information content (AvgIpc) is 3.10. The van der Waals surface area contributed by atoms with Crippen molar-refractivity contribution in [3.05, 3.63) is 35.9 Å². The van der Waals surface area contributed by atoms with E-state index in [0.29, 0.717) is 38.5 Å². The van der Waals surface area contributed by atoms with Gasteiger partial charge in [-0.05, 0) is 45.3 Å². The predicted molar refractivity (Wildman–Crippen MR) is 123 cm³/mol. The molecule has 2 rings (SSSR count). The minimum atomic E-state index is -0.308. The number of nitrogens with zero attached hydrogens (tertiary/aromatic N) is 4. The first kappa shape index (κ1) is 24.1. The first-order valence-electron chi connectivity index (χ1n) is 10.5. The average molecular weight is 433 g/mol. The van der Waals surface area contributed by atoms with Crippen LogP contribution in [0.4, 0.5) is 10.5 Å². The molecule has 0 saturated heterocycles. The Labute approximate surface area is 184 Å². The Morgan fingerprint density at radius 1 is 1.29 bits per heavy atom. The minimum absolute atomic E-state index is 0.100. The van der Waals surface area contributed by atoms with Gasteiger partial charge in [0.1, 0.15) is 0 Å². The van der Waals surface area contributed by atoms with E-state index in [4.69, 9.17) is 21.9 Å². The van der Waals surface area contributed by atoms with E-state index in [-0.39, 0.29) is 17.5 Å². The van der Waals surface area contributed by atoms with Gasteiger partial charge in [0, 0.05) is 31.2 Å². The van der Waals surface area contributed by atoms with Crippen molar-refractivity contribution in [2.45, 2.75) is 52.1 Å². The molecule has 1 aromatic rings. The fourth-order valence-electron chi connectivity index (χ4n) is 3.00. The van der Waals surface area contributed by atoms with E-state index in [2.05, 4.69) is 15.4 Å². The second-order valence-corrected chi connectivity index (χ2v) is 8.60. The summed E-state index contributed by atoms with van der Waals surface area (Å²) in [6.07, 6.45) is 9.74. The van der Waals surface area contributed by atoms with Gasteiger partial charge in [-0.25, -0.2) is 9.79 Å². The summed E-state index contributed by atoms with van der Waals surface area (Å²) in [5.74, 6) is 1.04. The monoisotopic (exact) mass is 432 g/mol. The zero-order valence-corrected chi connectivity index (χ0v) is 18.8.